The van der Waals surface area contributed by atoms with Crippen LogP contribution in [0.2, 0.25) is 0 Å². The van der Waals surface area contributed by atoms with Crippen molar-refractivity contribution < 1.29 is 57.1 Å². The van der Waals surface area contributed by atoms with Gasteiger partial charge in [0.25, 0.3) is 7.82 Å². The van der Waals surface area contributed by atoms with Crippen LogP contribution in [0.3, 0.4) is 0 Å². The largest absolute Gasteiger partial charge is 0.756 e. The van der Waals surface area contributed by atoms with E-state index in [-0.39, 0.29) is 50.1 Å². The van der Waals surface area contributed by atoms with Crippen LogP contribution >= 0.6 is 7.82 Å². The van der Waals surface area contributed by atoms with E-state index in [1.165, 1.54) is 19.3 Å². The Labute approximate surface area is 369 Å². The molecule has 0 spiro atoms. The van der Waals surface area contributed by atoms with Crippen LogP contribution in [0.4, 0.5) is 0 Å². The maximum Gasteiger partial charge on any atom is 0.306 e. The molecule has 0 heterocycles. The molecule has 1 saturated carbocycles. The molecule has 2 N–H and O–H groups in total. The van der Waals surface area contributed by atoms with E-state index in [2.05, 4.69) is 50.3 Å². The summed E-state index contributed by atoms with van der Waals surface area (Å²) in [5, 5.41) is 20.8. The second-order valence-corrected chi connectivity index (χ2v) is 19.0. The lowest BCUT2D eigenvalue weighted by molar-refractivity contribution is -0.870. The van der Waals surface area contributed by atoms with Crippen molar-refractivity contribution in [3.63, 3.8) is 0 Å². The van der Waals surface area contributed by atoms with Crippen molar-refractivity contribution in [1.82, 2.24) is 0 Å². The summed E-state index contributed by atoms with van der Waals surface area (Å²) in [5.74, 6) is -1.59. The molecule has 1 unspecified atom stereocenters. The summed E-state index contributed by atoms with van der Waals surface area (Å²) < 4.78 is 33.9. The van der Waals surface area contributed by atoms with Crippen LogP contribution in [0.5, 0.6) is 0 Å². The Kier molecular flexibility index (Phi) is 32.4. The fourth-order valence-electron chi connectivity index (χ4n) is 6.97. The number of Topliss-reactive ketones (excluding diaryl/α,β-unsaturated/α-hetero) is 1. The van der Waals surface area contributed by atoms with E-state index in [9.17, 15) is 34.1 Å². The second-order valence-electron chi connectivity index (χ2n) is 17.5. The average Bonchev–Trinajstić information content (AvgIpc) is 3.47. The molecule has 1 rings (SSSR count). The van der Waals surface area contributed by atoms with Crippen molar-refractivity contribution in [3.05, 3.63) is 48.6 Å². The number of allylic oxidation sites excluding steroid dienone is 6. The van der Waals surface area contributed by atoms with Gasteiger partial charge in [-0.15, -0.1) is 0 Å². The molecule has 0 aromatic heterocycles. The number of aliphatic hydroxyl groups excluding tert-OH is 2. The highest BCUT2D eigenvalue weighted by Crippen LogP contribution is 2.38. The Morgan fingerprint density at radius 1 is 0.787 bits per heavy atom. The van der Waals surface area contributed by atoms with E-state index in [1.807, 2.05) is 27.2 Å². The molecule has 0 amide bonds. The number of rotatable bonds is 38. The maximum atomic E-state index is 12.8. The molecule has 352 valence electrons. The third kappa shape index (κ3) is 32.0. The van der Waals surface area contributed by atoms with Crippen LogP contribution in [0.25, 0.3) is 0 Å². The van der Waals surface area contributed by atoms with Gasteiger partial charge in [0.1, 0.15) is 25.5 Å². The van der Waals surface area contributed by atoms with Crippen molar-refractivity contribution in [1.29, 1.82) is 0 Å². The fraction of sp³-hybridized carbons (Fsp3) is 0.771. The first-order chi connectivity index (χ1) is 29.2. The topological polar surface area (TPSA) is 169 Å². The van der Waals surface area contributed by atoms with E-state index in [0.717, 1.165) is 77.0 Å². The summed E-state index contributed by atoms with van der Waals surface area (Å²) >= 11 is 0. The predicted molar refractivity (Wildman–Crippen MR) is 241 cm³/mol. The molecule has 0 aromatic rings. The van der Waals surface area contributed by atoms with Crippen molar-refractivity contribution in [2.24, 2.45) is 11.8 Å². The number of ether oxygens (including phenoxy) is 2. The highest BCUT2D eigenvalue weighted by atomic mass is 31.2. The Balaban J connectivity index is 2.47. The van der Waals surface area contributed by atoms with Crippen molar-refractivity contribution in [2.75, 3.05) is 47.5 Å². The molecule has 1 aliphatic carbocycles. The van der Waals surface area contributed by atoms with Gasteiger partial charge >= 0.3 is 11.9 Å². The Morgan fingerprint density at radius 3 is 2.00 bits per heavy atom. The molecule has 12 nitrogen and oxygen atoms in total. The van der Waals surface area contributed by atoms with Gasteiger partial charge in [0, 0.05) is 31.1 Å². The van der Waals surface area contributed by atoms with Crippen molar-refractivity contribution >= 4 is 25.5 Å². The van der Waals surface area contributed by atoms with Gasteiger partial charge < -0.3 is 38.1 Å². The first-order valence-corrected chi connectivity index (χ1v) is 24.9. The minimum absolute atomic E-state index is 0.0382. The molecule has 0 bridgehead atoms. The number of nitrogens with zero attached hydrogens (tertiary/aromatic N) is 1. The normalized spacial score (nSPS) is 19.4. The SMILES string of the molecule is CCCCC/C=C\C/C=C\C/C=C\CCCCCCC(=O)OC[C@H](COP(=O)([O-])OCC[N+](C)(C)C)OC(=O)CCCCCC[C@H]1C(=O)C[C@@H](O)[C@@H]1/C=C/[C@@H](O)CCCCC. The molecule has 0 aromatic carbocycles. The zero-order valence-electron chi connectivity index (χ0n) is 38.6. The zero-order chi connectivity index (χ0) is 45.2. The Hall–Kier alpha value is -2.44. The number of ketones is 1. The summed E-state index contributed by atoms with van der Waals surface area (Å²) in [7, 11) is 0.999. The number of aliphatic hydroxyl groups is 2. The third-order valence-corrected chi connectivity index (χ3v) is 11.7. The monoisotopic (exact) mass is 882 g/mol. The van der Waals surface area contributed by atoms with E-state index >= 15 is 0 Å². The number of phosphoric acid groups is 1. The van der Waals surface area contributed by atoms with Crippen LogP contribution < -0.4 is 4.89 Å². The highest BCUT2D eigenvalue weighted by Gasteiger charge is 2.39. The minimum Gasteiger partial charge on any atom is -0.756 e. The number of carbonyl (C=O) groups excluding carboxylic acids is 3. The van der Waals surface area contributed by atoms with E-state index in [4.69, 9.17) is 18.5 Å². The number of esters is 2. The number of unbranched alkanes of at least 4 members (excludes halogenated alkanes) is 12. The van der Waals surface area contributed by atoms with Gasteiger partial charge in [0.15, 0.2) is 6.10 Å². The van der Waals surface area contributed by atoms with Gasteiger partial charge in [-0.3, -0.25) is 18.9 Å². The average molecular weight is 882 g/mol. The standard InChI is InChI=1S/C48H84NO11P/c1-6-8-10-11-12-13-14-15-16-17-18-19-20-21-22-23-28-32-47(53)57-39-42(40-59-61(55,56)58-37-36-49(3,4)5)60-48(54)33-29-25-24-27-31-43-44(46(52)38-45(43)51)35-34-41(50)30-26-9-7-2/h12-13,15-16,18-19,34-35,41-44,46,50,52H,6-11,14,17,20-33,36-40H2,1-5H3/b13-12-,16-15-,19-18-,35-34+/t41-,42+,43+,44+,46+/m0/s1. The molecule has 0 radical (unpaired) electrons. The fourth-order valence-corrected chi connectivity index (χ4v) is 7.70. The quantitative estimate of drug-likeness (QED) is 0.0199. The zero-order valence-corrected chi connectivity index (χ0v) is 39.5. The van der Waals surface area contributed by atoms with E-state index in [1.54, 1.807) is 6.08 Å². The molecule has 6 atom stereocenters. The first-order valence-electron chi connectivity index (χ1n) is 23.4. The van der Waals surface area contributed by atoms with Crippen molar-refractivity contribution in [3.8, 4) is 0 Å². The highest BCUT2D eigenvalue weighted by molar-refractivity contribution is 7.45. The first kappa shape index (κ1) is 56.6. The number of carbonyl (C=O) groups is 3. The summed E-state index contributed by atoms with van der Waals surface area (Å²) in [6.07, 6.45) is 33.2. The lowest BCUT2D eigenvalue weighted by atomic mass is 9.88. The molecule has 1 fully saturated rings. The van der Waals surface area contributed by atoms with Crippen LogP contribution in [0.1, 0.15) is 162 Å². The minimum atomic E-state index is -4.70. The molecular formula is C48H84NO11P. The molecule has 0 saturated heterocycles. The van der Waals surface area contributed by atoms with Gasteiger partial charge in [0.2, 0.25) is 0 Å². The lowest BCUT2D eigenvalue weighted by Gasteiger charge is -2.28. The van der Waals surface area contributed by atoms with E-state index < -0.39 is 44.7 Å². The van der Waals surface area contributed by atoms with Gasteiger partial charge in [-0.25, -0.2) is 0 Å². The molecular weight excluding hydrogens is 797 g/mol. The number of phosphoric ester groups is 1. The summed E-state index contributed by atoms with van der Waals surface area (Å²) in [4.78, 5) is 50.4. The third-order valence-electron chi connectivity index (χ3n) is 10.7. The summed E-state index contributed by atoms with van der Waals surface area (Å²) in [6, 6.07) is 0. The number of hydrogen-bond donors (Lipinski definition) is 2. The lowest BCUT2D eigenvalue weighted by Crippen LogP contribution is -2.37. The predicted octanol–water partition coefficient (Wildman–Crippen LogP) is 9.42. The molecule has 61 heavy (non-hydrogen) atoms. The number of likely N-dealkylation sites (N-methyl/N-ethyl adjacent to an activating group) is 1. The van der Waals surface area contributed by atoms with Crippen LogP contribution in [0, 0.1) is 11.8 Å². The molecule has 13 heteroatoms. The number of quaternary nitrogens is 1. The number of hydrogen-bond acceptors (Lipinski definition) is 11. The van der Waals surface area contributed by atoms with Crippen LogP contribution in [-0.4, -0.2) is 98.2 Å². The smallest absolute Gasteiger partial charge is 0.306 e. The maximum absolute atomic E-state index is 12.8. The van der Waals surface area contributed by atoms with Gasteiger partial charge in [0.05, 0.1) is 40.0 Å². The van der Waals surface area contributed by atoms with Crippen molar-refractivity contribution in [2.45, 2.75) is 180 Å². The van der Waals surface area contributed by atoms with Gasteiger partial charge in [-0.05, 0) is 64.2 Å². The molecule has 1 aliphatic rings. The van der Waals surface area contributed by atoms with Gasteiger partial charge in [-0.1, -0.05) is 127 Å². The Bertz CT molecular complexity index is 1340. The second kappa shape index (κ2) is 35.0. The summed E-state index contributed by atoms with van der Waals surface area (Å²) in [5.41, 5.74) is 0. The van der Waals surface area contributed by atoms with Crippen LogP contribution in [0.15, 0.2) is 48.6 Å². The van der Waals surface area contributed by atoms with Gasteiger partial charge in [-0.2, -0.15) is 0 Å². The Morgan fingerprint density at radius 2 is 1.36 bits per heavy atom. The van der Waals surface area contributed by atoms with E-state index in [0.29, 0.717) is 43.1 Å². The summed E-state index contributed by atoms with van der Waals surface area (Å²) in [6.45, 7) is 3.78. The molecule has 0 aliphatic heterocycles. The van der Waals surface area contributed by atoms with Crippen LogP contribution in [-0.2, 0) is 37.5 Å².